The molecule has 0 aliphatic carbocycles. The smallest absolute Gasteiger partial charge is 0.270 e. The van der Waals surface area contributed by atoms with E-state index in [0.29, 0.717) is 5.69 Å². The van der Waals surface area contributed by atoms with Gasteiger partial charge in [0.25, 0.3) is 5.91 Å². The maximum Gasteiger partial charge on any atom is 0.270 e. The Morgan fingerprint density at radius 3 is 2.62 bits per heavy atom. The molecule has 0 unspecified atom stereocenters. The Morgan fingerprint density at radius 1 is 1.21 bits per heavy atom. The molecule has 1 saturated heterocycles. The summed E-state index contributed by atoms with van der Waals surface area (Å²) in [6, 6.07) is 10.2. The molecule has 1 aliphatic heterocycles. The molecule has 0 spiro atoms. The van der Waals surface area contributed by atoms with Gasteiger partial charge in [-0.05, 0) is 33.6 Å². The van der Waals surface area contributed by atoms with Crippen molar-refractivity contribution in [3.8, 4) is 21.8 Å². The third-order valence-electron chi connectivity index (χ3n) is 5.45. The molecule has 2 aromatic heterocycles. The van der Waals surface area contributed by atoms with Crippen LogP contribution in [0.15, 0.2) is 41.9 Å². The minimum Gasteiger partial charge on any atom is -0.348 e. The minimum atomic E-state index is -0.0912. The molecule has 1 aliphatic rings. The van der Waals surface area contributed by atoms with Crippen molar-refractivity contribution < 1.29 is 4.79 Å². The van der Waals surface area contributed by atoms with Crippen LogP contribution < -0.4 is 5.32 Å². The normalized spacial score (nSPS) is 16.1. The third-order valence-corrected chi connectivity index (χ3v) is 6.32. The molecular weight excluding hydrogens is 382 g/mol. The first-order valence-corrected chi connectivity index (χ1v) is 10.9. The van der Waals surface area contributed by atoms with E-state index in [1.165, 1.54) is 11.3 Å². The number of aromatic nitrogens is 3. The van der Waals surface area contributed by atoms with E-state index in [2.05, 4.69) is 46.2 Å². The van der Waals surface area contributed by atoms with Gasteiger partial charge in [0.1, 0.15) is 10.7 Å². The highest BCUT2D eigenvalue weighted by Gasteiger charge is 2.28. The van der Waals surface area contributed by atoms with E-state index in [-0.39, 0.29) is 17.5 Å². The molecule has 152 valence electrons. The summed E-state index contributed by atoms with van der Waals surface area (Å²) in [6.45, 7) is 8.73. The van der Waals surface area contributed by atoms with Crippen molar-refractivity contribution in [2.45, 2.75) is 45.2 Å². The van der Waals surface area contributed by atoms with Crippen molar-refractivity contribution in [2.24, 2.45) is 0 Å². The fourth-order valence-electron chi connectivity index (χ4n) is 3.73. The molecule has 4 rings (SSSR count). The minimum absolute atomic E-state index is 0.0912. The van der Waals surface area contributed by atoms with Gasteiger partial charge in [-0.15, -0.1) is 11.3 Å². The van der Waals surface area contributed by atoms with Crippen LogP contribution in [-0.4, -0.2) is 50.7 Å². The summed E-state index contributed by atoms with van der Waals surface area (Å²) >= 11 is 1.47. The Bertz CT molecular complexity index is 965. The molecule has 6 nitrogen and oxygen atoms in total. The number of thiazole rings is 1. The zero-order valence-electron chi connectivity index (χ0n) is 17.1. The van der Waals surface area contributed by atoms with Crippen molar-refractivity contribution in [3.05, 3.63) is 47.6 Å². The summed E-state index contributed by atoms with van der Waals surface area (Å²) in [4.78, 5) is 19.8. The van der Waals surface area contributed by atoms with Gasteiger partial charge in [-0.25, -0.2) is 4.98 Å². The van der Waals surface area contributed by atoms with Gasteiger partial charge < -0.3 is 5.32 Å². The number of H-pyrrole nitrogens is 1. The Labute approximate surface area is 175 Å². The number of amides is 1. The summed E-state index contributed by atoms with van der Waals surface area (Å²) in [6.07, 6.45) is 3.71. The van der Waals surface area contributed by atoms with E-state index < -0.39 is 0 Å². The number of carbonyl (C=O) groups is 1. The van der Waals surface area contributed by atoms with E-state index in [4.69, 9.17) is 0 Å². The number of aromatic amines is 1. The molecule has 0 atom stereocenters. The second-order valence-corrected chi connectivity index (χ2v) is 9.33. The number of hydrogen-bond donors (Lipinski definition) is 2. The Balaban J connectivity index is 1.43. The highest BCUT2D eigenvalue weighted by atomic mass is 32.1. The van der Waals surface area contributed by atoms with Crippen LogP contribution in [0.25, 0.3) is 21.8 Å². The maximum absolute atomic E-state index is 12.7. The predicted molar refractivity (Wildman–Crippen MR) is 117 cm³/mol. The average Bonchev–Trinajstić information content (AvgIpc) is 3.38. The molecule has 2 N–H and O–H groups in total. The SMILES string of the molecule is CC(C)(C)N1CCC(NC(=O)c2csc(-c3cn[nH]c3-c3ccccc3)n2)CC1. The molecule has 0 bridgehead atoms. The second kappa shape index (κ2) is 8.08. The largest absolute Gasteiger partial charge is 0.348 e. The van der Waals surface area contributed by atoms with Gasteiger partial charge in [0.05, 0.1) is 17.5 Å². The zero-order chi connectivity index (χ0) is 20.4. The molecule has 1 fully saturated rings. The lowest BCUT2D eigenvalue weighted by atomic mass is 9.98. The Morgan fingerprint density at radius 2 is 1.93 bits per heavy atom. The first-order chi connectivity index (χ1) is 13.9. The Hall–Kier alpha value is -2.51. The van der Waals surface area contributed by atoms with Crippen LogP contribution in [0, 0.1) is 0 Å². The molecule has 7 heteroatoms. The predicted octanol–water partition coefficient (Wildman–Crippen LogP) is 4.19. The van der Waals surface area contributed by atoms with E-state index >= 15 is 0 Å². The van der Waals surface area contributed by atoms with Crippen molar-refractivity contribution in [1.82, 2.24) is 25.4 Å². The molecule has 0 saturated carbocycles. The lowest BCUT2D eigenvalue weighted by Crippen LogP contribution is -2.50. The summed E-state index contributed by atoms with van der Waals surface area (Å²) in [7, 11) is 0. The molecular formula is C22H27N5OS. The molecule has 0 radical (unpaired) electrons. The van der Waals surface area contributed by atoms with E-state index in [1.807, 2.05) is 35.7 Å². The highest BCUT2D eigenvalue weighted by Crippen LogP contribution is 2.32. The summed E-state index contributed by atoms with van der Waals surface area (Å²) < 4.78 is 0. The summed E-state index contributed by atoms with van der Waals surface area (Å²) in [5, 5.41) is 13.0. The van der Waals surface area contributed by atoms with Crippen LogP contribution in [0.5, 0.6) is 0 Å². The van der Waals surface area contributed by atoms with E-state index in [9.17, 15) is 4.79 Å². The lowest BCUT2D eigenvalue weighted by Gasteiger charge is -2.40. The summed E-state index contributed by atoms with van der Waals surface area (Å²) in [5.74, 6) is -0.0912. The Kier molecular flexibility index (Phi) is 5.52. The number of likely N-dealkylation sites (tertiary alicyclic amines) is 1. The summed E-state index contributed by atoms with van der Waals surface area (Å²) in [5.41, 5.74) is 3.54. The van der Waals surface area contributed by atoms with E-state index in [0.717, 1.165) is 47.8 Å². The van der Waals surface area contributed by atoms with Crippen LogP contribution >= 0.6 is 11.3 Å². The quantitative estimate of drug-likeness (QED) is 0.677. The second-order valence-electron chi connectivity index (χ2n) is 8.47. The first-order valence-electron chi connectivity index (χ1n) is 10.0. The van der Waals surface area contributed by atoms with E-state index in [1.54, 1.807) is 6.20 Å². The molecule has 3 aromatic rings. The van der Waals surface area contributed by atoms with Crippen molar-refractivity contribution in [1.29, 1.82) is 0 Å². The third kappa shape index (κ3) is 4.41. The van der Waals surface area contributed by atoms with Crippen molar-refractivity contribution in [3.63, 3.8) is 0 Å². The average molecular weight is 410 g/mol. The topological polar surface area (TPSA) is 73.9 Å². The maximum atomic E-state index is 12.7. The van der Waals surface area contributed by atoms with Crippen LogP contribution in [-0.2, 0) is 0 Å². The van der Waals surface area contributed by atoms with Crippen molar-refractivity contribution >= 4 is 17.2 Å². The fraction of sp³-hybridized carbons (Fsp3) is 0.409. The molecule has 1 amide bonds. The monoisotopic (exact) mass is 409 g/mol. The van der Waals surface area contributed by atoms with Crippen LogP contribution in [0.2, 0.25) is 0 Å². The van der Waals surface area contributed by atoms with Gasteiger partial charge in [-0.1, -0.05) is 30.3 Å². The number of rotatable bonds is 4. The number of nitrogens with one attached hydrogen (secondary N) is 2. The van der Waals surface area contributed by atoms with Crippen LogP contribution in [0.1, 0.15) is 44.1 Å². The fourth-order valence-corrected chi connectivity index (χ4v) is 4.54. The number of hydrogen-bond acceptors (Lipinski definition) is 5. The van der Waals surface area contributed by atoms with Gasteiger partial charge in [0.15, 0.2) is 0 Å². The van der Waals surface area contributed by atoms with Gasteiger partial charge >= 0.3 is 0 Å². The van der Waals surface area contributed by atoms with Crippen molar-refractivity contribution in [2.75, 3.05) is 13.1 Å². The van der Waals surface area contributed by atoms with Gasteiger partial charge in [0, 0.05) is 35.6 Å². The lowest BCUT2D eigenvalue weighted by molar-refractivity contribution is 0.0809. The number of carbonyl (C=O) groups excluding carboxylic acids is 1. The first kappa shape index (κ1) is 19.8. The number of piperidine rings is 1. The van der Waals surface area contributed by atoms with Crippen LogP contribution in [0.4, 0.5) is 0 Å². The number of nitrogens with zero attached hydrogens (tertiary/aromatic N) is 3. The highest BCUT2D eigenvalue weighted by molar-refractivity contribution is 7.13. The molecule has 3 heterocycles. The molecule has 29 heavy (non-hydrogen) atoms. The van der Waals surface area contributed by atoms with Gasteiger partial charge in [-0.3, -0.25) is 14.8 Å². The molecule has 1 aromatic carbocycles. The zero-order valence-corrected chi connectivity index (χ0v) is 17.9. The van der Waals surface area contributed by atoms with Gasteiger partial charge in [0.2, 0.25) is 0 Å². The van der Waals surface area contributed by atoms with Crippen LogP contribution in [0.3, 0.4) is 0 Å². The van der Waals surface area contributed by atoms with Gasteiger partial charge in [-0.2, -0.15) is 5.10 Å². The standard InChI is InChI=1S/C22H27N5OS/c1-22(2,3)27-11-9-16(10-12-27)24-20(28)18-14-29-21(25-18)17-13-23-26-19(17)15-7-5-4-6-8-15/h4-8,13-14,16H,9-12H2,1-3H3,(H,23,26)(H,24,28). The number of benzene rings is 1.